The van der Waals surface area contributed by atoms with Crippen LogP contribution in [0.15, 0.2) is 36.4 Å². The fraction of sp³-hybridized carbons (Fsp3) is 0.423. The van der Waals surface area contributed by atoms with E-state index in [0.717, 1.165) is 11.1 Å². The average molecular weight is 436 g/mol. The molecule has 168 valence electrons. The van der Waals surface area contributed by atoms with E-state index in [0.29, 0.717) is 55.0 Å². The Bertz CT molecular complexity index is 1050. The highest BCUT2D eigenvalue weighted by Gasteiger charge is 2.44. The maximum Gasteiger partial charge on any atom is 0.223 e. The average Bonchev–Trinajstić information content (AvgIpc) is 2.80. The highest BCUT2D eigenvalue weighted by atomic mass is 16.5. The first-order valence-electron chi connectivity index (χ1n) is 11.1. The van der Waals surface area contributed by atoms with Crippen molar-refractivity contribution in [2.45, 2.75) is 51.6 Å². The monoisotopic (exact) mass is 435 g/mol. The summed E-state index contributed by atoms with van der Waals surface area (Å²) in [4.78, 5) is 39.7. The summed E-state index contributed by atoms with van der Waals surface area (Å²) in [6.45, 7) is 5.06. The fourth-order valence-electron chi connectivity index (χ4n) is 4.52. The lowest BCUT2D eigenvalue weighted by Gasteiger charge is -2.44. The van der Waals surface area contributed by atoms with Crippen LogP contribution < -0.4 is 9.47 Å². The first-order chi connectivity index (χ1) is 15.3. The highest BCUT2D eigenvalue weighted by Crippen LogP contribution is 2.41. The van der Waals surface area contributed by atoms with Gasteiger partial charge in [0, 0.05) is 44.3 Å². The van der Waals surface area contributed by atoms with Gasteiger partial charge < -0.3 is 14.4 Å². The van der Waals surface area contributed by atoms with E-state index in [2.05, 4.69) is 0 Å². The number of nitrogens with zero attached hydrogens (tertiary/aromatic N) is 1. The van der Waals surface area contributed by atoms with E-state index in [-0.39, 0.29) is 30.3 Å². The molecule has 0 saturated carbocycles. The van der Waals surface area contributed by atoms with Gasteiger partial charge in [-0.15, -0.1) is 0 Å². The molecule has 2 aromatic carbocycles. The number of piperidine rings is 1. The van der Waals surface area contributed by atoms with Gasteiger partial charge in [0.2, 0.25) is 5.91 Å². The summed E-state index contributed by atoms with van der Waals surface area (Å²) in [6.07, 6.45) is 1.93. The zero-order valence-electron chi connectivity index (χ0n) is 18.9. The van der Waals surface area contributed by atoms with Crippen LogP contribution in [-0.4, -0.2) is 48.2 Å². The van der Waals surface area contributed by atoms with Gasteiger partial charge in [-0.2, -0.15) is 0 Å². The smallest absolute Gasteiger partial charge is 0.223 e. The van der Waals surface area contributed by atoms with Crippen LogP contribution in [0.5, 0.6) is 11.5 Å². The Labute approximate surface area is 188 Å². The number of benzene rings is 2. The number of methoxy groups -OCH3 is 1. The van der Waals surface area contributed by atoms with Crippen LogP contribution in [0.3, 0.4) is 0 Å². The third kappa shape index (κ3) is 4.27. The van der Waals surface area contributed by atoms with Crippen LogP contribution in [0.4, 0.5) is 0 Å². The summed E-state index contributed by atoms with van der Waals surface area (Å²) in [5, 5.41) is 0. The van der Waals surface area contributed by atoms with Crippen molar-refractivity contribution in [3.8, 4) is 11.5 Å². The zero-order chi connectivity index (χ0) is 22.9. The summed E-state index contributed by atoms with van der Waals surface area (Å²) in [5.41, 5.74) is 2.80. The maximum atomic E-state index is 12.8. The number of ether oxygens (including phenoxy) is 2. The topological polar surface area (TPSA) is 72.9 Å². The SMILES string of the molecule is COc1ccc(C(=O)CCC(=O)N2CCC3(CC2)CC(=O)c2ccc(C)c(C)c2O3)cc1. The van der Waals surface area contributed by atoms with Gasteiger partial charge in [0.15, 0.2) is 11.6 Å². The number of rotatable bonds is 5. The van der Waals surface area contributed by atoms with Crippen molar-refractivity contribution in [2.24, 2.45) is 0 Å². The molecular formula is C26H29NO5. The maximum absolute atomic E-state index is 12.8. The Morgan fingerprint density at radius 1 is 1.03 bits per heavy atom. The number of likely N-dealkylation sites (tertiary alicyclic amines) is 1. The van der Waals surface area contributed by atoms with Crippen molar-refractivity contribution in [3.63, 3.8) is 0 Å². The highest BCUT2D eigenvalue weighted by molar-refractivity contribution is 6.01. The van der Waals surface area contributed by atoms with Crippen molar-refractivity contribution >= 4 is 17.5 Å². The molecule has 1 amide bonds. The standard InChI is InChI=1S/C26H29NO5/c1-17-4-9-21-23(29)16-26(32-25(21)18(17)2)12-14-27(15-13-26)24(30)11-10-22(28)19-5-7-20(31-3)8-6-19/h4-9H,10-16H2,1-3H3. The van der Waals surface area contributed by atoms with Gasteiger partial charge >= 0.3 is 0 Å². The third-order valence-electron chi connectivity index (χ3n) is 6.78. The predicted molar refractivity (Wildman–Crippen MR) is 121 cm³/mol. The molecule has 4 rings (SSSR count). The molecule has 0 atom stereocenters. The second kappa shape index (κ2) is 8.77. The van der Waals surface area contributed by atoms with Gasteiger partial charge in [-0.3, -0.25) is 14.4 Å². The second-order valence-electron chi connectivity index (χ2n) is 8.80. The van der Waals surface area contributed by atoms with E-state index >= 15 is 0 Å². The van der Waals surface area contributed by atoms with Crippen LogP contribution in [0.25, 0.3) is 0 Å². The van der Waals surface area contributed by atoms with Crippen LogP contribution >= 0.6 is 0 Å². The van der Waals surface area contributed by atoms with E-state index in [1.165, 1.54) is 0 Å². The molecular weight excluding hydrogens is 406 g/mol. The number of carbonyl (C=O) groups is 3. The summed E-state index contributed by atoms with van der Waals surface area (Å²) < 4.78 is 11.5. The van der Waals surface area contributed by atoms with E-state index in [9.17, 15) is 14.4 Å². The summed E-state index contributed by atoms with van der Waals surface area (Å²) in [5.74, 6) is 1.41. The van der Waals surface area contributed by atoms with Crippen LogP contribution in [0.1, 0.15) is 63.9 Å². The largest absolute Gasteiger partial charge is 0.497 e. The van der Waals surface area contributed by atoms with E-state index in [4.69, 9.17) is 9.47 Å². The molecule has 0 bridgehead atoms. The van der Waals surface area contributed by atoms with Gasteiger partial charge in [-0.25, -0.2) is 0 Å². The van der Waals surface area contributed by atoms with E-state index < -0.39 is 5.60 Å². The molecule has 1 fully saturated rings. The zero-order valence-corrected chi connectivity index (χ0v) is 18.9. The Balaban J connectivity index is 1.34. The van der Waals surface area contributed by atoms with Gasteiger partial charge in [-0.05, 0) is 55.3 Å². The van der Waals surface area contributed by atoms with Crippen molar-refractivity contribution in [3.05, 3.63) is 58.7 Å². The lowest BCUT2D eigenvalue weighted by Crippen LogP contribution is -2.52. The van der Waals surface area contributed by atoms with Gasteiger partial charge in [0.1, 0.15) is 17.1 Å². The molecule has 0 aromatic heterocycles. The van der Waals surface area contributed by atoms with Crippen LogP contribution in [-0.2, 0) is 4.79 Å². The lowest BCUT2D eigenvalue weighted by atomic mass is 9.81. The molecule has 0 N–H and O–H groups in total. The minimum atomic E-state index is -0.543. The fourth-order valence-corrected chi connectivity index (χ4v) is 4.52. The molecule has 0 aliphatic carbocycles. The summed E-state index contributed by atoms with van der Waals surface area (Å²) in [7, 11) is 1.58. The number of hydrogen-bond acceptors (Lipinski definition) is 5. The van der Waals surface area contributed by atoms with Crippen molar-refractivity contribution in [1.29, 1.82) is 0 Å². The van der Waals surface area contributed by atoms with Crippen molar-refractivity contribution in [2.75, 3.05) is 20.2 Å². The Morgan fingerprint density at radius 2 is 1.72 bits per heavy atom. The first-order valence-corrected chi connectivity index (χ1v) is 11.1. The normalized spacial score (nSPS) is 17.0. The lowest BCUT2D eigenvalue weighted by molar-refractivity contribution is -0.134. The van der Waals surface area contributed by atoms with Crippen molar-refractivity contribution < 1.29 is 23.9 Å². The molecule has 6 nitrogen and oxygen atoms in total. The number of Topliss-reactive ketones (excluding diaryl/α,β-unsaturated/α-hetero) is 2. The number of hydrogen-bond donors (Lipinski definition) is 0. The van der Waals surface area contributed by atoms with E-state index in [1.807, 2.05) is 26.0 Å². The molecule has 1 spiro atoms. The quantitative estimate of drug-likeness (QED) is 0.655. The van der Waals surface area contributed by atoms with E-state index in [1.54, 1.807) is 36.3 Å². The van der Waals surface area contributed by atoms with Gasteiger partial charge in [0.25, 0.3) is 0 Å². The summed E-state index contributed by atoms with van der Waals surface area (Å²) in [6, 6.07) is 10.7. The molecule has 1 saturated heterocycles. The van der Waals surface area contributed by atoms with Gasteiger partial charge in [-0.1, -0.05) is 6.07 Å². The predicted octanol–water partition coefficient (Wildman–Crippen LogP) is 4.30. The minimum Gasteiger partial charge on any atom is -0.497 e. The van der Waals surface area contributed by atoms with Gasteiger partial charge in [0.05, 0.1) is 19.1 Å². The number of ketones is 2. The van der Waals surface area contributed by atoms with Crippen molar-refractivity contribution in [1.82, 2.24) is 4.90 Å². The molecule has 6 heteroatoms. The molecule has 2 aliphatic heterocycles. The van der Waals surface area contributed by atoms with Crippen LogP contribution in [0.2, 0.25) is 0 Å². The summed E-state index contributed by atoms with van der Waals surface area (Å²) >= 11 is 0. The molecule has 0 radical (unpaired) electrons. The Hall–Kier alpha value is -3.15. The number of fused-ring (bicyclic) bond motifs is 1. The molecule has 2 aromatic rings. The second-order valence-corrected chi connectivity index (χ2v) is 8.80. The number of amides is 1. The minimum absolute atomic E-state index is 0.0312. The first kappa shape index (κ1) is 22.1. The Kier molecular flexibility index (Phi) is 6.04. The molecule has 2 heterocycles. The third-order valence-corrected chi connectivity index (χ3v) is 6.78. The Morgan fingerprint density at radius 3 is 2.38 bits per heavy atom. The number of carbonyl (C=O) groups excluding carboxylic acids is 3. The molecule has 0 unspecified atom stereocenters. The van der Waals surface area contributed by atoms with Crippen LogP contribution in [0, 0.1) is 13.8 Å². The molecule has 32 heavy (non-hydrogen) atoms. The molecule has 2 aliphatic rings. The number of aryl methyl sites for hydroxylation is 1.